The molecule has 0 fully saturated rings. The molecule has 74 valence electrons. The standard InChI is InChI=1S/C10H12N2O2/c1-2-14-10(13)4-3-8-7-12-6-5-9(8)11/h3-7H,2H2,1H3,(H2,11,12)/b4-3-. The van der Waals surface area contributed by atoms with Crippen LogP contribution in [0.1, 0.15) is 12.5 Å². The number of carbonyl (C=O) groups excluding carboxylic acids is 1. The Morgan fingerprint density at radius 3 is 3.14 bits per heavy atom. The lowest BCUT2D eigenvalue weighted by molar-refractivity contribution is -0.137. The number of carbonyl (C=O) groups is 1. The zero-order valence-corrected chi connectivity index (χ0v) is 7.93. The lowest BCUT2D eigenvalue weighted by Crippen LogP contribution is -1.99. The molecule has 1 aromatic rings. The van der Waals surface area contributed by atoms with Crippen molar-refractivity contribution in [2.24, 2.45) is 0 Å². The molecule has 0 aromatic carbocycles. The summed E-state index contributed by atoms with van der Waals surface area (Å²) < 4.78 is 4.72. The summed E-state index contributed by atoms with van der Waals surface area (Å²) in [5.74, 6) is -0.379. The normalized spacial score (nSPS) is 10.4. The van der Waals surface area contributed by atoms with E-state index in [0.717, 1.165) is 0 Å². The van der Waals surface area contributed by atoms with E-state index in [4.69, 9.17) is 10.5 Å². The number of nitrogens with two attached hydrogens (primary N) is 1. The summed E-state index contributed by atoms with van der Waals surface area (Å²) in [6.45, 7) is 2.12. The van der Waals surface area contributed by atoms with Gasteiger partial charge in [0.2, 0.25) is 0 Å². The minimum atomic E-state index is -0.379. The van der Waals surface area contributed by atoms with Crippen LogP contribution in [-0.4, -0.2) is 17.6 Å². The van der Waals surface area contributed by atoms with Gasteiger partial charge in [-0.1, -0.05) is 0 Å². The van der Waals surface area contributed by atoms with Crippen LogP contribution >= 0.6 is 0 Å². The van der Waals surface area contributed by atoms with Crippen LogP contribution in [0.2, 0.25) is 0 Å². The van der Waals surface area contributed by atoms with Crippen molar-refractivity contribution in [3.8, 4) is 0 Å². The van der Waals surface area contributed by atoms with Gasteiger partial charge in [0.1, 0.15) is 0 Å². The van der Waals surface area contributed by atoms with Crippen molar-refractivity contribution in [2.75, 3.05) is 12.3 Å². The number of esters is 1. The third-order valence-electron chi connectivity index (χ3n) is 1.57. The van der Waals surface area contributed by atoms with Crippen molar-refractivity contribution >= 4 is 17.7 Å². The predicted octanol–water partition coefficient (Wildman–Crippen LogP) is 1.24. The van der Waals surface area contributed by atoms with Crippen LogP contribution in [0.3, 0.4) is 0 Å². The Kier molecular flexibility index (Phi) is 3.67. The lowest BCUT2D eigenvalue weighted by Gasteiger charge is -1.98. The van der Waals surface area contributed by atoms with Crippen LogP contribution in [0.25, 0.3) is 6.08 Å². The van der Waals surface area contributed by atoms with Crippen molar-refractivity contribution in [3.63, 3.8) is 0 Å². The first-order valence-corrected chi connectivity index (χ1v) is 4.28. The van der Waals surface area contributed by atoms with E-state index in [0.29, 0.717) is 17.9 Å². The predicted molar refractivity (Wildman–Crippen MR) is 54.3 cm³/mol. The molecule has 0 aliphatic carbocycles. The first-order valence-electron chi connectivity index (χ1n) is 4.28. The summed E-state index contributed by atoms with van der Waals surface area (Å²) >= 11 is 0. The molecule has 14 heavy (non-hydrogen) atoms. The van der Waals surface area contributed by atoms with Gasteiger partial charge < -0.3 is 10.5 Å². The average molecular weight is 192 g/mol. The van der Waals surface area contributed by atoms with Gasteiger partial charge in [-0.15, -0.1) is 0 Å². The Balaban J connectivity index is 2.69. The minimum absolute atomic E-state index is 0.367. The second-order valence-corrected chi connectivity index (χ2v) is 2.59. The highest BCUT2D eigenvalue weighted by Gasteiger charge is 1.96. The van der Waals surface area contributed by atoms with Gasteiger partial charge in [0.25, 0.3) is 0 Å². The van der Waals surface area contributed by atoms with Gasteiger partial charge in [-0.05, 0) is 19.1 Å². The van der Waals surface area contributed by atoms with Gasteiger partial charge in [-0.2, -0.15) is 0 Å². The number of anilines is 1. The molecule has 4 nitrogen and oxygen atoms in total. The van der Waals surface area contributed by atoms with Crippen LogP contribution < -0.4 is 5.73 Å². The van der Waals surface area contributed by atoms with E-state index in [1.54, 1.807) is 31.5 Å². The summed E-state index contributed by atoms with van der Waals surface area (Å²) in [5, 5.41) is 0. The maximum atomic E-state index is 11.0. The number of hydrogen-bond donors (Lipinski definition) is 1. The molecular formula is C10H12N2O2. The highest BCUT2D eigenvalue weighted by atomic mass is 16.5. The van der Waals surface area contributed by atoms with Crippen molar-refractivity contribution < 1.29 is 9.53 Å². The van der Waals surface area contributed by atoms with Crippen molar-refractivity contribution in [3.05, 3.63) is 30.1 Å². The van der Waals surface area contributed by atoms with Crippen molar-refractivity contribution in [1.82, 2.24) is 4.98 Å². The van der Waals surface area contributed by atoms with Gasteiger partial charge in [-0.3, -0.25) is 4.98 Å². The van der Waals surface area contributed by atoms with Gasteiger partial charge in [0.15, 0.2) is 0 Å². The molecule has 0 unspecified atom stereocenters. The molecule has 0 radical (unpaired) electrons. The lowest BCUT2D eigenvalue weighted by atomic mass is 10.2. The quantitative estimate of drug-likeness (QED) is 0.578. The number of pyridine rings is 1. The fourth-order valence-electron chi connectivity index (χ4n) is 0.905. The van der Waals surface area contributed by atoms with Crippen molar-refractivity contribution in [2.45, 2.75) is 6.92 Å². The van der Waals surface area contributed by atoms with Crippen molar-refractivity contribution in [1.29, 1.82) is 0 Å². The Labute approximate surface area is 82.4 Å². The number of nitrogens with zero attached hydrogens (tertiary/aromatic N) is 1. The molecule has 0 spiro atoms. The van der Waals surface area contributed by atoms with E-state index < -0.39 is 0 Å². The topological polar surface area (TPSA) is 65.2 Å². The molecule has 0 atom stereocenters. The Morgan fingerprint density at radius 2 is 2.50 bits per heavy atom. The van der Waals surface area contributed by atoms with Gasteiger partial charge in [-0.25, -0.2) is 4.79 Å². The third-order valence-corrected chi connectivity index (χ3v) is 1.57. The number of ether oxygens (including phenoxy) is 1. The smallest absolute Gasteiger partial charge is 0.330 e. The second-order valence-electron chi connectivity index (χ2n) is 2.59. The fraction of sp³-hybridized carbons (Fsp3) is 0.200. The molecule has 0 saturated carbocycles. The van der Waals surface area contributed by atoms with E-state index in [9.17, 15) is 4.79 Å². The molecule has 0 saturated heterocycles. The average Bonchev–Trinajstić information content (AvgIpc) is 2.17. The molecule has 0 aliphatic rings. The molecule has 2 N–H and O–H groups in total. The molecule has 0 bridgehead atoms. The van der Waals surface area contributed by atoms with Crippen LogP contribution in [-0.2, 0) is 9.53 Å². The Hall–Kier alpha value is -1.84. The van der Waals surface area contributed by atoms with Crippen LogP contribution in [0.4, 0.5) is 5.69 Å². The fourth-order valence-corrected chi connectivity index (χ4v) is 0.905. The third kappa shape index (κ3) is 2.90. The molecule has 0 amide bonds. The van der Waals surface area contributed by atoms with Crippen LogP contribution in [0, 0.1) is 0 Å². The van der Waals surface area contributed by atoms with Gasteiger partial charge in [0.05, 0.1) is 6.61 Å². The molecule has 1 aromatic heterocycles. The van der Waals surface area contributed by atoms with E-state index in [1.165, 1.54) is 6.08 Å². The van der Waals surface area contributed by atoms with Crippen LogP contribution in [0.5, 0.6) is 0 Å². The molecule has 0 aliphatic heterocycles. The zero-order valence-electron chi connectivity index (χ0n) is 7.93. The van der Waals surface area contributed by atoms with Gasteiger partial charge in [0, 0.05) is 29.7 Å². The van der Waals surface area contributed by atoms with E-state index in [1.807, 2.05) is 0 Å². The summed E-state index contributed by atoms with van der Waals surface area (Å²) in [6, 6.07) is 1.67. The maximum absolute atomic E-state index is 11.0. The monoisotopic (exact) mass is 192 g/mol. The molecule has 4 heteroatoms. The largest absolute Gasteiger partial charge is 0.463 e. The maximum Gasteiger partial charge on any atom is 0.330 e. The number of aromatic nitrogens is 1. The summed E-state index contributed by atoms with van der Waals surface area (Å²) in [4.78, 5) is 14.8. The second kappa shape index (κ2) is 5.01. The SMILES string of the molecule is CCOC(=O)/C=C\c1cnccc1N. The van der Waals surface area contributed by atoms with Crippen LogP contribution in [0.15, 0.2) is 24.5 Å². The molecule has 1 heterocycles. The van der Waals surface area contributed by atoms with E-state index in [-0.39, 0.29) is 5.97 Å². The number of hydrogen-bond acceptors (Lipinski definition) is 4. The van der Waals surface area contributed by atoms with Gasteiger partial charge >= 0.3 is 5.97 Å². The van der Waals surface area contributed by atoms with E-state index in [2.05, 4.69) is 4.98 Å². The highest BCUT2D eigenvalue weighted by Crippen LogP contribution is 2.10. The number of rotatable bonds is 3. The molecule has 1 rings (SSSR count). The first-order chi connectivity index (χ1) is 6.74. The summed E-state index contributed by atoms with van der Waals surface area (Å²) in [7, 11) is 0. The highest BCUT2D eigenvalue weighted by molar-refractivity contribution is 5.88. The summed E-state index contributed by atoms with van der Waals surface area (Å²) in [6.07, 6.45) is 6.10. The molecular weight excluding hydrogens is 180 g/mol. The van der Waals surface area contributed by atoms with E-state index >= 15 is 0 Å². The Morgan fingerprint density at radius 1 is 1.71 bits per heavy atom. The number of nitrogen functional groups attached to an aromatic ring is 1. The Bertz CT molecular complexity index is 348. The summed E-state index contributed by atoms with van der Waals surface area (Å²) in [5.41, 5.74) is 6.93. The zero-order chi connectivity index (χ0) is 10.4. The first kappa shape index (κ1) is 10.2. The minimum Gasteiger partial charge on any atom is -0.463 e.